The zero-order valence-electron chi connectivity index (χ0n) is 9.22. The summed E-state index contributed by atoms with van der Waals surface area (Å²) in [6.07, 6.45) is 0. The highest BCUT2D eigenvalue weighted by Gasteiger charge is 2.11. The van der Waals surface area contributed by atoms with Gasteiger partial charge >= 0.3 is 0 Å². The van der Waals surface area contributed by atoms with E-state index in [9.17, 15) is 4.39 Å². The number of hydrogen-bond acceptors (Lipinski definition) is 0. The molecule has 0 saturated heterocycles. The highest BCUT2D eigenvalue weighted by molar-refractivity contribution is 6.33. The van der Waals surface area contributed by atoms with Crippen LogP contribution in [0.3, 0.4) is 0 Å². The Morgan fingerprint density at radius 2 is 1.81 bits per heavy atom. The highest BCUT2D eigenvalue weighted by atomic mass is 35.5. The van der Waals surface area contributed by atoms with E-state index < -0.39 is 0 Å². The van der Waals surface area contributed by atoms with Gasteiger partial charge in [0.15, 0.2) is 0 Å². The van der Waals surface area contributed by atoms with Gasteiger partial charge in [-0.15, -0.1) is 0 Å². The summed E-state index contributed by atoms with van der Waals surface area (Å²) < 4.78 is 13.7. The minimum atomic E-state index is -0.278. The Balaban J connectivity index is 2.68. The van der Waals surface area contributed by atoms with Gasteiger partial charge in [-0.25, -0.2) is 4.39 Å². The minimum absolute atomic E-state index is 0.278. The molecule has 2 aromatic rings. The largest absolute Gasteiger partial charge is 0.206 e. The van der Waals surface area contributed by atoms with Crippen molar-refractivity contribution in [2.45, 2.75) is 13.8 Å². The number of hydrogen-bond donors (Lipinski definition) is 0. The molecule has 0 aliphatic rings. The maximum atomic E-state index is 13.7. The normalized spacial score (nSPS) is 10.5. The van der Waals surface area contributed by atoms with E-state index in [-0.39, 0.29) is 5.82 Å². The summed E-state index contributed by atoms with van der Waals surface area (Å²) in [5.41, 5.74) is 3.54. The first kappa shape index (κ1) is 11.2. The Kier molecular flexibility index (Phi) is 2.97. The zero-order valence-corrected chi connectivity index (χ0v) is 9.98. The molecule has 0 aromatic heterocycles. The maximum Gasteiger partial charge on any atom is 0.132 e. The van der Waals surface area contributed by atoms with E-state index in [1.165, 1.54) is 6.07 Å². The molecule has 2 rings (SSSR count). The molecule has 0 aliphatic heterocycles. The third kappa shape index (κ3) is 1.96. The molecule has 0 N–H and O–H groups in total. The van der Waals surface area contributed by atoms with Crippen LogP contribution in [0.4, 0.5) is 4.39 Å². The van der Waals surface area contributed by atoms with Gasteiger partial charge in [-0.2, -0.15) is 0 Å². The lowest BCUT2D eigenvalue weighted by molar-refractivity contribution is 0.631. The number of rotatable bonds is 1. The van der Waals surface area contributed by atoms with Crippen molar-refractivity contribution in [3.63, 3.8) is 0 Å². The smallest absolute Gasteiger partial charge is 0.132 e. The third-order valence-electron chi connectivity index (χ3n) is 2.61. The monoisotopic (exact) mass is 234 g/mol. The van der Waals surface area contributed by atoms with Crippen molar-refractivity contribution >= 4 is 11.6 Å². The van der Waals surface area contributed by atoms with Gasteiger partial charge in [0, 0.05) is 5.56 Å². The lowest BCUT2D eigenvalue weighted by Gasteiger charge is -2.09. The van der Waals surface area contributed by atoms with Crippen LogP contribution in [0.25, 0.3) is 11.1 Å². The maximum absolute atomic E-state index is 13.7. The first-order valence-electron chi connectivity index (χ1n) is 5.11. The topological polar surface area (TPSA) is 0 Å². The molecule has 0 aliphatic carbocycles. The Morgan fingerprint density at radius 1 is 1.06 bits per heavy atom. The second kappa shape index (κ2) is 4.26. The fourth-order valence-corrected chi connectivity index (χ4v) is 2.11. The van der Waals surface area contributed by atoms with Crippen LogP contribution >= 0.6 is 11.6 Å². The van der Waals surface area contributed by atoms with Crippen LogP contribution in [0.2, 0.25) is 5.02 Å². The molecular formula is C14H12ClF. The van der Waals surface area contributed by atoms with Crippen molar-refractivity contribution in [2.24, 2.45) is 0 Å². The summed E-state index contributed by atoms with van der Waals surface area (Å²) in [6, 6.07) is 10.7. The predicted molar refractivity (Wildman–Crippen MR) is 66.3 cm³/mol. The highest BCUT2D eigenvalue weighted by Crippen LogP contribution is 2.32. The van der Waals surface area contributed by atoms with Crippen molar-refractivity contribution < 1.29 is 4.39 Å². The van der Waals surface area contributed by atoms with Gasteiger partial charge in [-0.1, -0.05) is 41.4 Å². The van der Waals surface area contributed by atoms with E-state index in [0.717, 1.165) is 16.7 Å². The van der Waals surface area contributed by atoms with E-state index in [4.69, 9.17) is 11.6 Å². The standard InChI is InChI=1S/C14H12ClF/c1-9-6-7-11(10(2)8-9)14-12(15)4-3-5-13(14)16/h3-8H,1-2H3. The molecule has 0 spiro atoms. The zero-order chi connectivity index (χ0) is 11.7. The molecular weight excluding hydrogens is 223 g/mol. The predicted octanol–water partition coefficient (Wildman–Crippen LogP) is 4.76. The molecule has 0 bridgehead atoms. The average Bonchev–Trinajstić information content (AvgIpc) is 2.20. The Labute approximate surface area is 99.7 Å². The summed E-state index contributed by atoms with van der Waals surface area (Å²) >= 11 is 6.04. The molecule has 0 heterocycles. The Bertz CT molecular complexity index is 512. The van der Waals surface area contributed by atoms with Crippen molar-refractivity contribution in [1.29, 1.82) is 0 Å². The van der Waals surface area contributed by atoms with Crippen LogP contribution < -0.4 is 0 Å². The summed E-state index contributed by atoms with van der Waals surface area (Å²) in [6.45, 7) is 3.98. The lowest BCUT2D eigenvalue weighted by atomic mass is 9.98. The van der Waals surface area contributed by atoms with Crippen molar-refractivity contribution in [3.8, 4) is 11.1 Å². The number of halogens is 2. The van der Waals surface area contributed by atoms with E-state index in [1.807, 2.05) is 32.0 Å². The van der Waals surface area contributed by atoms with Crippen LogP contribution in [0.5, 0.6) is 0 Å². The minimum Gasteiger partial charge on any atom is -0.206 e. The molecule has 2 heteroatoms. The van der Waals surface area contributed by atoms with Crippen LogP contribution in [0.1, 0.15) is 11.1 Å². The van der Waals surface area contributed by atoms with Crippen LogP contribution in [-0.2, 0) is 0 Å². The van der Waals surface area contributed by atoms with Gasteiger partial charge in [0.05, 0.1) is 5.02 Å². The molecule has 0 nitrogen and oxygen atoms in total. The molecule has 16 heavy (non-hydrogen) atoms. The first-order chi connectivity index (χ1) is 7.59. The third-order valence-corrected chi connectivity index (χ3v) is 2.93. The van der Waals surface area contributed by atoms with Gasteiger partial charge in [0.2, 0.25) is 0 Å². The van der Waals surface area contributed by atoms with Crippen molar-refractivity contribution in [2.75, 3.05) is 0 Å². The second-order valence-corrected chi connectivity index (χ2v) is 4.32. The summed E-state index contributed by atoms with van der Waals surface area (Å²) in [5.74, 6) is -0.278. The molecule has 2 aromatic carbocycles. The quantitative estimate of drug-likeness (QED) is 0.667. The molecule has 82 valence electrons. The fraction of sp³-hybridized carbons (Fsp3) is 0.143. The van der Waals surface area contributed by atoms with Crippen molar-refractivity contribution in [1.82, 2.24) is 0 Å². The molecule has 0 fully saturated rings. The van der Waals surface area contributed by atoms with Crippen LogP contribution in [0.15, 0.2) is 36.4 Å². The van der Waals surface area contributed by atoms with Gasteiger partial charge in [-0.3, -0.25) is 0 Å². The van der Waals surface area contributed by atoms with Gasteiger partial charge in [-0.05, 0) is 37.1 Å². The second-order valence-electron chi connectivity index (χ2n) is 3.92. The van der Waals surface area contributed by atoms with Crippen molar-refractivity contribution in [3.05, 3.63) is 58.4 Å². The van der Waals surface area contributed by atoms with E-state index in [0.29, 0.717) is 10.6 Å². The van der Waals surface area contributed by atoms with Gasteiger partial charge < -0.3 is 0 Å². The van der Waals surface area contributed by atoms with Gasteiger partial charge in [0.25, 0.3) is 0 Å². The lowest BCUT2D eigenvalue weighted by Crippen LogP contribution is -1.89. The van der Waals surface area contributed by atoms with Gasteiger partial charge in [0.1, 0.15) is 5.82 Å². The number of benzene rings is 2. The SMILES string of the molecule is Cc1ccc(-c2c(F)cccc2Cl)c(C)c1. The molecule has 0 atom stereocenters. The molecule has 0 unspecified atom stereocenters. The Morgan fingerprint density at radius 3 is 2.44 bits per heavy atom. The first-order valence-corrected chi connectivity index (χ1v) is 5.49. The summed E-state index contributed by atoms with van der Waals surface area (Å²) in [4.78, 5) is 0. The molecule has 0 amide bonds. The number of aryl methyl sites for hydroxylation is 2. The summed E-state index contributed by atoms with van der Waals surface area (Å²) in [7, 11) is 0. The van der Waals surface area contributed by atoms with Crippen LogP contribution in [-0.4, -0.2) is 0 Å². The summed E-state index contributed by atoms with van der Waals surface area (Å²) in [5, 5.41) is 0.451. The van der Waals surface area contributed by atoms with E-state index in [1.54, 1.807) is 12.1 Å². The fourth-order valence-electron chi connectivity index (χ4n) is 1.85. The van der Waals surface area contributed by atoms with Crippen LogP contribution in [0, 0.1) is 19.7 Å². The average molecular weight is 235 g/mol. The molecule has 0 saturated carbocycles. The van der Waals surface area contributed by atoms with E-state index in [2.05, 4.69) is 0 Å². The Hall–Kier alpha value is -1.34. The molecule has 0 radical (unpaired) electrons. The van der Waals surface area contributed by atoms with E-state index >= 15 is 0 Å².